The van der Waals surface area contributed by atoms with Gasteiger partial charge in [0.15, 0.2) is 5.65 Å². The summed E-state index contributed by atoms with van der Waals surface area (Å²) in [5.41, 5.74) is -0.452. The fraction of sp³-hybridized carbons (Fsp3) is 0.500. The lowest BCUT2D eigenvalue weighted by Crippen LogP contribution is -2.51. The molecule has 0 aliphatic rings. The van der Waals surface area contributed by atoms with Crippen molar-refractivity contribution < 1.29 is 35.8 Å². The van der Waals surface area contributed by atoms with Crippen LogP contribution in [0, 0.1) is 0 Å². The minimum Gasteiger partial charge on any atom is -0.395 e. The van der Waals surface area contributed by atoms with Crippen LogP contribution >= 0.6 is 0 Å². The normalized spacial score (nSPS) is 13.6. The minimum atomic E-state index is -6.49. The highest BCUT2D eigenvalue weighted by atomic mass is 19.4. The van der Waals surface area contributed by atoms with E-state index in [0.717, 1.165) is 6.07 Å². The first-order chi connectivity index (χ1) is 10.5. The predicted octanol–water partition coefficient (Wildman–Crippen LogP) is 1.82. The van der Waals surface area contributed by atoms with Crippen LogP contribution in [0.2, 0.25) is 0 Å². The van der Waals surface area contributed by atoms with Crippen LogP contribution in [-0.4, -0.2) is 50.2 Å². The molecule has 13 heteroatoms. The molecule has 0 aliphatic carbocycles. The van der Waals surface area contributed by atoms with Crippen molar-refractivity contribution in [3.05, 3.63) is 18.0 Å². The summed E-state index contributed by atoms with van der Waals surface area (Å²) in [6.07, 6.45) is -6.49. The van der Waals surface area contributed by atoms with E-state index < -0.39 is 29.5 Å². The number of aromatic nitrogens is 4. The van der Waals surface area contributed by atoms with Crippen molar-refractivity contribution in [2.45, 2.75) is 18.0 Å². The van der Waals surface area contributed by atoms with E-state index in [2.05, 4.69) is 20.6 Å². The molecule has 2 aromatic rings. The Bertz CT molecular complexity index is 698. The Morgan fingerprint density at radius 3 is 2.26 bits per heavy atom. The summed E-state index contributed by atoms with van der Waals surface area (Å²) in [7, 11) is 0. The van der Waals surface area contributed by atoms with E-state index in [1.165, 1.54) is 6.07 Å². The number of rotatable bonds is 5. The van der Waals surface area contributed by atoms with Crippen LogP contribution in [0.3, 0.4) is 0 Å². The van der Waals surface area contributed by atoms with Crippen molar-refractivity contribution in [1.29, 1.82) is 0 Å². The smallest absolute Gasteiger partial charge is 0.395 e. The maximum Gasteiger partial charge on any atom is 0.460 e. The van der Waals surface area contributed by atoms with Gasteiger partial charge < -0.3 is 10.4 Å². The number of halogens is 7. The van der Waals surface area contributed by atoms with Crippen LogP contribution in [0.5, 0.6) is 0 Å². The van der Waals surface area contributed by atoms with E-state index in [-0.39, 0.29) is 23.5 Å². The van der Waals surface area contributed by atoms with Gasteiger partial charge in [-0.05, 0) is 12.1 Å². The molecule has 23 heavy (non-hydrogen) atoms. The van der Waals surface area contributed by atoms with Crippen LogP contribution in [0.1, 0.15) is 5.82 Å². The van der Waals surface area contributed by atoms with Gasteiger partial charge in [-0.2, -0.15) is 35.2 Å². The Morgan fingerprint density at radius 2 is 1.70 bits per heavy atom. The van der Waals surface area contributed by atoms with Crippen molar-refractivity contribution >= 4 is 11.5 Å². The average molecular weight is 347 g/mol. The van der Waals surface area contributed by atoms with Crippen molar-refractivity contribution in [3.63, 3.8) is 0 Å². The van der Waals surface area contributed by atoms with Crippen molar-refractivity contribution in [3.8, 4) is 0 Å². The number of hydrogen-bond donors (Lipinski definition) is 2. The number of aliphatic hydroxyl groups excluding tert-OH is 1. The molecule has 0 aromatic carbocycles. The topological polar surface area (TPSA) is 75.3 Å². The Balaban J connectivity index is 2.54. The molecular weight excluding hydrogens is 339 g/mol. The van der Waals surface area contributed by atoms with E-state index in [1.54, 1.807) is 0 Å². The fourth-order valence-corrected chi connectivity index (χ4v) is 1.58. The number of fused-ring (bicyclic) bond motifs is 1. The standard InChI is InChI=1S/C10H8F7N5O/c11-8(12,9(13,14)10(15,16)17)7-20-19-6-2-1-5(18-3-4-23)21-22(6)7/h1-2,23H,3-4H2,(H,18,21). The van der Waals surface area contributed by atoms with E-state index in [9.17, 15) is 30.7 Å². The first-order valence-corrected chi connectivity index (χ1v) is 5.92. The molecule has 128 valence electrons. The van der Waals surface area contributed by atoms with E-state index in [0.29, 0.717) is 0 Å². The molecule has 0 unspecified atom stereocenters. The molecule has 0 saturated carbocycles. The molecule has 2 rings (SSSR count). The molecule has 2 N–H and O–H groups in total. The van der Waals surface area contributed by atoms with Crippen molar-refractivity contribution in [2.24, 2.45) is 0 Å². The number of alkyl halides is 7. The van der Waals surface area contributed by atoms with Gasteiger partial charge in [0, 0.05) is 6.54 Å². The minimum absolute atomic E-state index is 0.0505. The van der Waals surface area contributed by atoms with Crippen LogP contribution in [0.4, 0.5) is 36.6 Å². The van der Waals surface area contributed by atoms with Crippen LogP contribution in [0.15, 0.2) is 12.1 Å². The highest BCUT2D eigenvalue weighted by Gasteiger charge is 2.75. The SMILES string of the molecule is OCCNc1ccc2nnc(C(F)(F)C(F)(F)C(F)(F)F)n2n1. The van der Waals surface area contributed by atoms with Gasteiger partial charge in [0.2, 0.25) is 5.82 Å². The largest absolute Gasteiger partial charge is 0.460 e. The zero-order valence-electron chi connectivity index (χ0n) is 11.0. The Labute approximate surface area is 122 Å². The molecule has 0 radical (unpaired) electrons. The molecule has 2 heterocycles. The van der Waals surface area contributed by atoms with Crippen LogP contribution in [0.25, 0.3) is 5.65 Å². The summed E-state index contributed by atoms with van der Waals surface area (Å²) in [5, 5.41) is 20.3. The number of nitrogens with one attached hydrogen (secondary N) is 1. The van der Waals surface area contributed by atoms with E-state index >= 15 is 0 Å². The fourth-order valence-electron chi connectivity index (χ4n) is 1.58. The Morgan fingerprint density at radius 1 is 1.04 bits per heavy atom. The van der Waals surface area contributed by atoms with Gasteiger partial charge in [0.1, 0.15) is 5.82 Å². The lowest BCUT2D eigenvalue weighted by Gasteiger charge is -2.26. The monoisotopic (exact) mass is 347 g/mol. The third kappa shape index (κ3) is 2.75. The zero-order chi connectivity index (χ0) is 17.5. The summed E-state index contributed by atoms with van der Waals surface area (Å²) >= 11 is 0. The average Bonchev–Trinajstić information content (AvgIpc) is 2.87. The maximum atomic E-state index is 13.7. The zero-order valence-corrected chi connectivity index (χ0v) is 11.0. The van der Waals surface area contributed by atoms with Crippen LogP contribution in [-0.2, 0) is 5.92 Å². The summed E-state index contributed by atoms with van der Waals surface area (Å²) in [6, 6.07) is 2.23. The second-order valence-electron chi connectivity index (χ2n) is 4.31. The molecule has 2 aromatic heterocycles. The Kier molecular flexibility index (Phi) is 4.09. The van der Waals surface area contributed by atoms with E-state index in [1.807, 2.05) is 0 Å². The highest BCUT2D eigenvalue weighted by Crippen LogP contribution is 2.51. The van der Waals surface area contributed by atoms with Gasteiger partial charge in [0.25, 0.3) is 0 Å². The quantitative estimate of drug-likeness (QED) is 0.807. The first-order valence-electron chi connectivity index (χ1n) is 5.92. The van der Waals surface area contributed by atoms with Gasteiger partial charge in [-0.25, -0.2) is 0 Å². The number of hydrogen-bond acceptors (Lipinski definition) is 5. The summed E-state index contributed by atoms with van der Waals surface area (Å²) < 4.78 is 90.2. The molecule has 0 saturated heterocycles. The molecule has 0 atom stereocenters. The summed E-state index contributed by atoms with van der Waals surface area (Å²) in [6.45, 7) is -0.401. The summed E-state index contributed by atoms with van der Waals surface area (Å²) in [4.78, 5) is 0. The molecule has 0 bridgehead atoms. The number of nitrogens with zero attached hydrogens (tertiary/aromatic N) is 4. The lowest BCUT2D eigenvalue weighted by molar-refractivity contribution is -0.361. The second-order valence-corrected chi connectivity index (χ2v) is 4.31. The van der Waals surface area contributed by atoms with Crippen molar-refractivity contribution in [2.75, 3.05) is 18.5 Å². The van der Waals surface area contributed by atoms with Gasteiger partial charge in [-0.3, -0.25) is 0 Å². The predicted molar refractivity (Wildman–Crippen MR) is 61.3 cm³/mol. The van der Waals surface area contributed by atoms with Crippen molar-refractivity contribution in [1.82, 2.24) is 19.8 Å². The van der Waals surface area contributed by atoms with Gasteiger partial charge in [0.05, 0.1) is 6.61 Å². The highest BCUT2D eigenvalue weighted by molar-refractivity contribution is 5.44. The first kappa shape index (κ1) is 17.2. The molecule has 0 fully saturated rings. The third-order valence-corrected chi connectivity index (χ3v) is 2.71. The molecular formula is C10H8F7N5O. The third-order valence-electron chi connectivity index (χ3n) is 2.71. The van der Waals surface area contributed by atoms with E-state index in [4.69, 9.17) is 5.11 Å². The molecule has 6 nitrogen and oxygen atoms in total. The van der Waals surface area contributed by atoms with Gasteiger partial charge in [-0.15, -0.1) is 15.3 Å². The van der Waals surface area contributed by atoms with Gasteiger partial charge in [-0.1, -0.05) is 0 Å². The second kappa shape index (κ2) is 5.47. The lowest BCUT2D eigenvalue weighted by atomic mass is 10.1. The number of anilines is 1. The Hall–Kier alpha value is -2.18. The molecule has 0 aliphatic heterocycles. The number of aliphatic hydroxyl groups is 1. The van der Waals surface area contributed by atoms with Crippen LogP contribution < -0.4 is 5.32 Å². The molecule has 0 amide bonds. The summed E-state index contributed by atoms with van der Waals surface area (Å²) in [5.74, 6) is -14.2. The molecule has 0 spiro atoms. The maximum absolute atomic E-state index is 13.7. The van der Waals surface area contributed by atoms with Gasteiger partial charge >= 0.3 is 18.0 Å².